The number of nitrogens with two attached hydrogens (primary N) is 2. The van der Waals surface area contributed by atoms with Crippen molar-refractivity contribution < 1.29 is 0 Å². The van der Waals surface area contributed by atoms with Crippen LogP contribution in [0, 0.1) is 5.92 Å². The molecule has 0 saturated carbocycles. The number of hydrogen-bond donors (Lipinski definition) is 2. The highest BCUT2D eigenvalue weighted by atomic mass is 14.7. The minimum absolute atomic E-state index is 0.0701. The molecule has 2 nitrogen and oxygen atoms in total. The van der Waals surface area contributed by atoms with Crippen molar-refractivity contribution in [2.24, 2.45) is 17.4 Å². The molecular weight excluding hydrogens is 112 g/mol. The lowest BCUT2D eigenvalue weighted by atomic mass is 9.88. The lowest BCUT2D eigenvalue weighted by Gasteiger charge is -2.26. The molecule has 0 bridgehead atoms. The Morgan fingerprint density at radius 1 is 1.44 bits per heavy atom. The zero-order valence-corrected chi connectivity index (χ0v) is 6.65. The summed E-state index contributed by atoms with van der Waals surface area (Å²) >= 11 is 0. The van der Waals surface area contributed by atoms with Gasteiger partial charge in [-0.3, -0.25) is 0 Å². The summed E-state index contributed by atoms with van der Waals surface area (Å²) in [5, 5.41) is 0. The van der Waals surface area contributed by atoms with Gasteiger partial charge in [0, 0.05) is 5.54 Å². The van der Waals surface area contributed by atoms with Crippen molar-refractivity contribution in [1.82, 2.24) is 0 Å². The molecule has 0 aromatic rings. The molecule has 0 amide bonds. The predicted octanol–water partition coefficient (Wildman–Crippen LogP) is 0.709. The Labute approximate surface area is 57.6 Å². The molecule has 0 fully saturated rings. The van der Waals surface area contributed by atoms with Gasteiger partial charge in [0.05, 0.1) is 0 Å². The van der Waals surface area contributed by atoms with Crippen LogP contribution in [-0.4, -0.2) is 12.1 Å². The molecule has 2 heteroatoms. The van der Waals surface area contributed by atoms with Crippen LogP contribution in [0.25, 0.3) is 0 Å². The van der Waals surface area contributed by atoms with E-state index in [2.05, 4.69) is 6.92 Å². The van der Waals surface area contributed by atoms with Gasteiger partial charge in [-0.15, -0.1) is 0 Å². The van der Waals surface area contributed by atoms with E-state index in [0.29, 0.717) is 5.92 Å². The summed E-state index contributed by atoms with van der Waals surface area (Å²) in [6.45, 7) is 6.94. The molecule has 0 rings (SSSR count). The van der Waals surface area contributed by atoms with Gasteiger partial charge in [-0.25, -0.2) is 0 Å². The number of rotatable bonds is 3. The van der Waals surface area contributed by atoms with Gasteiger partial charge in [0.25, 0.3) is 0 Å². The standard InChI is InChI=1S/C7H18N2/c1-6(4-5-8)7(2,3)9/h6H,4-5,8-9H2,1-3H3/t6-/m1/s1. The van der Waals surface area contributed by atoms with Crippen LogP contribution in [0.4, 0.5) is 0 Å². The maximum Gasteiger partial charge on any atom is 0.0123 e. The van der Waals surface area contributed by atoms with Crippen LogP contribution in [0.15, 0.2) is 0 Å². The minimum atomic E-state index is -0.0701. The molecule has 0 saturated heterocycles. The van der Waals surface area contributed by atoms with Gasteiger partial charge in [0.15, 0.2) is 0 Å². The van der Waals surface area contributed by atoms with Crippen molar-refractivity contribution in [1.29, 1.82) is 0 Å². The third-order valence-electron chi connectivity index (χ3n) is 1.87. The Kier molecular flexibility index (Phi) is 3.15. The molecule has 0 unspecified atom stereocenters. The second kappa shape index (κ2) is 3.18. The summed E-state index contributed by atoms with van der Waals surface area (Å²) in [6.07, 6.45) is 1.02. The zero-order valence-electron chi connectivity index (χ0n) is 6.65. The second-order valence-electron chi connectivity index (χ2n) is 3.30. The van der Waals surface area contributed by atoms with Crippen LogP contribution >= 0.6 is 0 Å². The van der Waals surface area contributed by atoms with Crippen LogP contribution < -0.4 is 11.5 Å². The molecule has 0 aromatic carbocycles. The normalized spacial score (nSPS) is 15.7. The lowest BCUT2D eigenvalue weighted by Crippen LogP contribution is -2.40. The fourth-order valence-electron chi connectivity index (χ4n) is 0.622. The Morgan fingerprint density at radius 3 is 2.00 bits per heavy atom. The first kappa shape index (κ1) is 8.92. The SMILES string of the molecule is C[C@H](CCN)C(C)(C)N. The molecule has 0 aliphatic carbocycles. The van der Waals surface area contributed by atoms with E-state index in [1.165, 1.54) is 0 Å². The van der Waals surface area contributed by atoms with E-state index < -0.39 is 0 Å². The third kappa shape index (κ3) is 3.49. The first-order valence-corrected chi connectivity index (χ1v) is 3.47. The fraction of sp³-hybridized carbons (Fsp3) is 1.00. The van der Waals surface area contributed by atoms with E-state index in [0.717, 1.165) is 13.0 Å². The van der Waals surface area contributed by atoms with Crippen molar-refractivity contribution in [2.75, 3.05) is 6.54 Å². The Morgan fingerprint density at radius 2 is 1.89 bits per heavy atom. The van der Waals surface area contributed by atoms with Crippen LogP contribution in [0.5, 0.6) is 0 Å². The molecule has 9 heavy (non-hydrogen) atoms. The summed E-state index contributed by atoms with van der Waals surface area (Å²) < 4.78 is 0. The monoisotopic (exact) mass is 130 g/mol. The Hall–Kier alpha value is -0.0800. The highest BCUT2D eigenvalue weighted by Gasteiger charge is 2.18. The van der Waals surface area contributed by atoms with Crippen molar-refractivity contribution in [3.63, 3.8) is 0 Å². The van der Waals surface area contributed by atoms with Crippen molar-refractivity contribution in [3.05, 3.63) is 0 Å². The van der Waals surface area contributed by atoms with Crippen LogP contribution in [0.1, 0.15) is 27.2 Å². The molecule has 0 aliphatic heterocycles. The van der Waals surface area contributed by atoms with E-state index in [4.69, 9.17) is 11.5 Å². The summed E-state index contributed by atoms with van der Waals surface area (Å²) in [7, 11) is 0. The summed E-state index contributed by atoms with van der Waals surface area (Å²) in [5.41, 5.74) is 11.1. The van der Waals surface area contributed by atoms with Gasteiger partial charge in [-0.1, -0.05) is 6.92 Å². The molecular formula is C7H18N2. The van der Waals surface area contributed by atoms with E-state index in [-0.39, 0.29) is 5.54 Å². The summed E-state index contributed by atoms with van der Waals surface area (Å²) in [4.78, 5) is 0. The smallest absolute Gasteiger partial charge is 0.0123 e. The summed E-state index contributed by atoms with van der Waals surface area (Å²) in [5.74, 6) is 0.516. The van der Waals surface area contributed by atoms with E-state index in [9.17, 15) is 0 Å². The van der Waals surface area contributed by atoms with Gasteiger partial charge in [0.1, 0.15) is 0 Å². The van der Waals surface area contributed by atoms with Gasteiger partial charge in [-0.05, 0) is 32.7 Å². The van der Waals surface area contributed by atoms with Crippen molar-refractivity contribution in [2.45, 2.75) is 32.7 Å². The number of hydrogen-bond acceptors (Lipinski definition) is 2. The molecule has 0 radical (unpaired) electrons. The van der Waals surface area contributed by atoms with Gasteiger partial charge >= 0.3 is 0 Å². The average Bonchev–Trinajstić information content (AvgIpc) is 1.64. The van der Waals surface area contributed by atoms with Crippen molar-refractivity contribution >= 4 is 0 Å². The molecule has 56 valence electrons. The summed E-state index contributed by atoms with van der Waals surface area (Å²) in [6, 6.07) is 0. The molecule has 0 aromatic heterocycles. The predicted molar refractivity (Wildman–Crippen MR) is 41.1 cm³/mol. The molecule has 4 N–H and O–H groups in total. The van der Waals surface area contributed by atoms with Crippen molar-refractivity contribution in [3.8, 4) is 0 Å². The first-order valence-electron chi connectivity index (χ1n) is 3.47. The molecule has 0 aliphatic rings. The average molecular weight is 130 g/mol. The lowest BCUT2D eigenvalue weighted by molar-refractivity contribution is 0.331. The minimum Gasteiger partial charge on any atom is -0.330 e. The van der Waals surface area contributed by atoms with Gasteiger partial charge < -0.3 is 11.5 Å². The third-order valence-corrected chi connectivity index (χ3v) is 1.87. The fourth-order valence-corrected chi connectivity index (χ4v) is 0.622. The first-order chi connectivity index (χ1) is 3.98. The van der Waals surface area contributed by atoms with Crippen LogP contribution in [0.3, 0.4) is 0 Å². The maximum atomic E-state index is 5.81. The zero-order chi connectivity index (χ0) is 7.49. The highest BCUT2D eigenvalue weighted by molar-refractivity contribution is 4.78. The highest BCUT2D eigenvalue weighted by Crippen LogP contribution is 2.14. The van der Waals surface area contributed by atoms with E-state index >= 15 is 0 Å². The Bertz CT molecular complexity index is 73.5. The molecule has 1 atom stereocenters. The molecule has 0 heterocycles. The van der Waals surface area contributed by atoms with Crippen LogP contribution in [0.2, 0.25) is 0 Å². The molecule has 0 spiro atoms. The van der Waals surface area contributed by atoms with Gasteiger partial charge in [-0.2, -0.15) is 0 Å². The van der Waals surface area contributed by atoms with Crippen LogP contribution in [-0.2, 0) is 0 Å². The van der Waals surface area contributed by atoms with Gasteiger partial charge in [0.2, 0.25) is 0 Å². The second-order valence-corrected chi connectivity index (χ2v) is 3.30. The Balaban J connectivity index is 3.59. The largest absolute Gasteiger partial charge is 0.330 e. The van der Waals surface area contributed by atoms with E-state index in [1.54, 1.807) is 0 Å². The topological polar surface area (TPSA) is 52.0 Å². The van der Waals surface area contributed by atoms with E-state index in [1.807, 2.05) is 13.8 Å². The maximum absolute atomic E-state index is 5.81. The quantitative estimate of drug-likeness (QED) is 0.591.